The number of fused-ring (bicyclic) bond motifs is 2. The van der Waals surface area contributed by atoms with E-state index in [1.807, 2.05) is 0 Å². The van der Waals surface area contributed by atoms with Gasteiger partial charge in [0.05, 0.1) is 23.5 Å². The van der Waals surface area contributed by atoms with Crippen LogP contribution in [0.5, 0.6) is 0 Å². The Morgan fingerprint density at radius 3 is 2.71 bits per heavy atom. The molecule has 3 aromatic carbocycles. The number of rotatable bonds is 5. The van der Waals surface area contributed by atoms with Crippen LogP contribution < -0.4 is 5.32 Å². The van der Waals surface area contributed by atoms with E-state index >= 15 is 0 Å². The van der Waals surface area contributed by atoms with Crippen LogP contribution in [-0.2, 0) is 17.7 Å². The maximum Gasteiger partial charge on any atom is 0.0980 e. The lowest BCUT2D eigenvalue weighted by Gasteiger charge is -2.20. The van der Waals surface area contributed by atoms with E-state index in [4.69, 9.17) is 4.74 Å². The molecule has 140 valence electrons. The first-order valence-corrected chi connectivity index (χ1v) is 9.68. The van der Waals surface area contributed by atoms with Gasteiger partial charge in [-0.15, -0.1) is 0 Å². The molecule has 0 amide bonds. The van der Waals surface area contributed by atoms with E-state index in [-0.39, 0.29) is 6.10 Å². The summed E-state index contributed by atoms with van der Waals surface area (Å²) >= 11 is 0. The number of nitrogens with zero attached hydrogens (tertiary/aromatic N) is 1. The summed E-state index contributed by atoms with van der Waals surface area (Å²) in [6, 6.07) is 24.0. The van der Waals surface area contributed by atoms with E-state index in [0.29, 0.717) is 6.04 Å². The van der Waals surface area contributed by atoms with Crippen molar-refractivity contribution in [3.05, 3.63) is 89.7 Å². The summed E-state index contributed by atoms with van der Waals surface area (Å²) in [5.41, 5.74) is 8.44. The summed E-state index contributed by atoms with van der Waals surface area (Å²) in [7, 11) is 1.80. The lowest BCUT2D eigenvalue weighted by molar-refractivity contribution is 0.0777. The van der Waals surface area contributed by atoms with E-state index in [0.717, 1.165) is 24.0 Å². The number of nitrogens with one attached hydrogen (secondary N) is 2. The molecule has 4 aromatic rings. The molecule has 28 heavy (non-hydrogen) atoms. The Balaban J connectivity index is 1.28. The molecule has 5 rings (SSSR count). The standard InChI is InChI=1S/C24H23N3O/c1-28-24-20-5-3-2-4-19(20)13-23(24)25-14-16-6-8-17(9-7-16)18-10-11-21-22(12-18)27-15-26-21/h2-12,15,23-25H,13-14H2,1H3,(H,26,27). The predicted octanol–water partition coefficient (Wildman–Crippen LogP) is 4.63. The molecule has 0 bridgehead atoms. The monoisotopic (exact) mass is 369 g/mol. The average molecular weight is 369 g/mol. The van der Waals surface area contributed by atoms with Gasteiger partial charge in [-0.05, 0) is 46.4 Å². The van der Waals surface area contributed by atoms with Crippen LogP contribution in [0.3, 0.4) is 0 Å². The molecule has 1 aromatic heterocycles. The van der Waals surface area contributed by atoms with Crippen molar-refractivity contribution in [2.24, 2.45) is 0 Å². The number of benzene rings is 3. The summed E-state index contributed by atoms with van der Waals surface area (Å²) in [6.45, 7) is 0.832. The number of hydrogen-bond acceptors (Lipinski definition) is 3. The molecular weight excluding hydrogens is 346 g/mol. The summed E-state index contributed by atoms with van der Waals surface area (Å²) in [4.78, 5) is 7.46. The lowest BCUT2D eigenvalue weighted by atomic mass is 10.0. The highest BCUT2D eigenvalue weighted by Gasteiger charge is 2.31. The molecular formula is C24H23N3O. The summed E-state index contributed by atoms with van der Waals surface area (Å²) in [5.74, 6) is 0. The molecule has 1 aliphatic rings. The van der Waals surface area contributed by atoms with Gasteiger partial charge in [0, 0.05) is 19.7 Å². The highest BCUT2D eigenvalue weighted by atomic mass is 16.5. The van der Waals surface area contributed by atoms with Gasteiger partial charge < -0.3 is 15.0 Å². The Morgan fingerprint density at radius 2 is 1.86 bits per heavy atom. The molecule has 4 nitrogen and oxygen atoms in total. The SMILES string of the molecule is COC1c2ccccc2CC1NCc1ccc(-c2ccc3nc[nH]c3c2)cc1. The third kappa shape index (κ3) is 3.11. The highest BCUT2D eigenvalue weighted by Crippen LogP contribution is 2.33. The normalized spacial score (nSPS) is 18.5. The zero-order valence-electron chi connectivity index (χ0n) is 15.9. The number of H-pyrrole nitrogens is 1. The minimum atomic E-state index is 0.122. The van der Waals surface area contributed by atoms with Gasteiger partial charge in [0.2, 0.25) is 0 Å². The third-order valence-corrected chi connectivity index (χ3v) is 5.70. The fraction of sp³-hybridized carbons (Fsp3) is 0.208. The van der Waals surface area contributed by atoms with Gasteiger partial charge in [-0.1, -0.05) is 54.6 Å². The van der Waals surface area contributed by atoms with E-state index in [1.165, 1.54) is 27.8 Å². The van der Waals surface area contributed by atoms with Crippen LogP contribution in [0.1, 0.15) is 22.8 Å². The van der Waals surface area contributed by atoms with Crippen molar-refractivity contribution in [3.63, 3.8) is 0 Å². The van der Waals surface area contributed by atoms with Crippen LogP contribution in [0.15, 0.2) is 73.1 Å². The van der Waals surface area contributed by atoms with E-state index in [2.05, 4.69) is 82.0 Å². The molecule has 0 fully saturated rings. The quantitative estimate of drug-likeness (QED) is 0.539. The molecule has 0 radical (unpaired) electrons. The fourth-order valence-corrected chi connectivity index (χ4v) is 4.21. The molecule has 2 unspecified atom stereocenters. The zero-order valence-corrected chi connectivity index (χ0v) is 15.9. The van der Waals surface area contributed by atoms with Crippen LogP contribution in [-0.4, -0.2) is 23.1 Å². The Bertz CT molecular complexity index is 1100. The second-order valence-electron chi connectivity index (χ2n) is 7.38. The van der Waals surface area contributed by atoms with Crippen molar-refractivity contribution >= 4 is 11.0 Å². The van der Waals surface area contributed by atoms with Gasteiger partial charge in [-0.3, -0.25) is 0 Å². The number of methoxy groups -OCH3 is 1. The first kappa shape index (κ1) is 17.2. The largest absolute Gasteiger partial charge is 0.375 e. The number of imidazole rings is 1. The number of aromatic nitrogens is 2. The van der Waals surface area contributed by atoms with Crippen molar-refractivity contribution in [2.75, 3.05) is 7.11 Å². The summed E-state index contributed by atoms with van der Waals surface area (Å²) < 4.78 is 5.77. The fourth-order valence-electron chi connectivity index (χ4n) is 4.21. The molecule has 0 spiro atoms. The van der Waals surface area contributed by atoms with E-state index < -0.39 is 0 Å². The molecule has 2 N–H and O–H groups in total. The van der Waals surface area contributed by atoms with Crippen LogP contribution in [0.4, 0.5) is 0 Å². The molecule has 1 aliphatic carbocycles. The maximum absolute atomic E-state index is 5.77. The summed E-state index contributed by atoms with van der Waals surface area (Å²) in [6.07, 6.45) is 2.87. The number of aromatic amines is 1. The van der Waals surface area contributed by atoms with Gasteiger partial charge in [-0.2, -0.15) is 0 Å². The lowest BCUT2D eigenvalue weighted by Crippen LogP contribution is -2.33. The molecule has 0 saturated carbocycles. The predicted molar refractivity (Wildman–Crippen MR) is 112 cm³/mol. The topological polar surface area (TPSA) is 49.9 Å². The van der Waals surface area contributed by atoms with E-state index in [1.54, 1.807) is 13.4 Å². The van der Waals surface area contributed by atoms with Crippen LogP contribution in [0.2, 0.25) is 0 Å². The van der Waals surface area contributed by atoms with Gasteiger partial charge in [-0.25, -0.2) is 4.98 Å². The van der Waals surface area contributed by atoms with Crippen LogP contribution >= 0.6 is 0 Å². The number of ether oxygens (including phenoxy) is 1. The molecule has 0 saturated heterocycles. The Labute approximate surface area is 164 Å². The van der Waals surface area contributed by atoms with E-state index in [9.17, 15) is 0 Å². The van der Waals surface area contributed by atoms with Crippen molar-refractivity contribution in [2.45, 2.75) is 25.1 Å². The molecule has 4 heteroatoms. The summed E-state index contributed by atoms with van der Waals surface area (Å²) in [5, 5.41) is 3.69. The molecule has 1 heterocycles. The Hall–Kier alpha value is -2.95. The molecule has 0 aliphatic heterocycles. The Morgan fingerprint density at radius 1 is 1.04 bits per heavy atom. The van der Waals surface area contributed by atoms with Crippen molar-refractivity contribution in [1.82, 2.24) is 15.3 Å². The first-order valence-electron chi connectivity index (χ1n) is 9.68. The average Bonchev–Trinajstić information content (AvgIpc) is 3.35. The third-order valence-electron chi connectivity index (χ3n) is 5.70. The van der Waals surface area contributed by atoms with Crippen LogP contribution in [0.25, 0.3) is 22.2 Å². The second kappa shape index (κ2) is 7.23. The zero-order chi connectivity index (χ0) is 18.9. The van der Waals surface area contributed by atoms with Gasteiger partial charge >= 0.3 is 0 Å². The highest BCUT2D eigenvalue weighted by molar-refractivity contribution is 5.81. The minimum absolute atomic E-state index is 0.122. The van der Waals surface area contributed by atoms with Gasteiger partial charge in [0.1, 0.15) is 0 Å². The van der Waals surface area contributed by atoms with Crippen molar-refractivity contribution < 1.29 is 4.74 Å². The van der Waals surface area contributed by atoms with Gasteiger partial charge in [0.15, 0.2) is 0 Å². The number of hydrogen-bond donors (Lipinski definition) is 2. The Kier molecular flexibility index (Phi) is 4.43. The van der Waals surface area contributed by atoms with Crippen molar-refractivity contribution in [3.8, 4) is 11.1 Å². The second-order valence-corrected chi connectivity index (χ2v) is 7.38. The maximum atomic E-state index is 5.77. The van der Waals surface area contributed by atoms with Crippen LogP contribution in [0, 0.1) is 0 Å². The smallest absolute Gasteiger partial charge is 0.0980 e. The minimum Gasteiger partial charge on any atom is -0.375 e. The van der Waals surface area contributed by atoms with Crippen molar-refractivity contribution in [1.29, 1.82) is 0 Å². The first-order chi connectivity index (χ1) is 13.8. The molecule has 2 atom stereocenters. The van der Waals surface area contributed by atoms with Gasteiger partial charge in [0.25, 0.3) is 0 Å².